The Balaban J connectivity index is 2.68. The zero-order valence-electron chi connectivity index (χ0n) is 10.4. The van der Waals surface area contributed by atoms with E-state index in [1.54, 1.807) is 19.9 Å². The molecule has 98 valence electrons. The van der Waals surface area contributed by atoms with Crippen LogP contribution >= 0.6 is 0 Å². The highest BCUT2D eigenvalue weighted by atomic mass is 16.4. The number of hydrogen-bond acceptors (Lipinski definition) is 3. The maximum Gasteiger partial charge on any atom is 0.308 e. The Hall–Kier alpha value is -2.04. The molecule has 0 aliphatic heterocycles. The molecule has 1 unspecified atom stereocenters. The number of benzene rings is 1. The summed E-state index contributed by atoms with van der Waals surface area (Å²) in [6, 6.07) is 4.72. The van der Waals surface area contributed by atoms with Crippen LogP contribution in [0.3, 0.4) is 0 Å². The van der Waals surface area contributed by atoms with Gasteiger partial charge < -0.3 is 15.5 Å². The van der Waals surface area contributed by atoms with Crippen LogP contribution in [0, 0.1) is 12.8 Å². The summed E-state index contributed by atoms with van der Waals surface area (Å²) in [5.74, 6) is -2.12. The number of carboxylic acid groups (broad SMARTS) is 1. The van der Waals surface area contributed by atoms with E-state index in [9.17, 15) is 14.7 Å². The van der Waals surface area contributed by atoms with Gasteiger partial charge in [0.25, 0.3) is 5.91 Å². The van der Waals surface area contributed by atoms with Gasteiger partial charge in [-0.1, -0.05) is 13.0 Å². The van der Waals surface area contributed by atoms with Crippen LogP contribution in [0.15, 0.2) is 18.2 Å². The van der Waals surface area contributed by atoms with Crippen molar-refractivity contribution in [1.82, 2.24) is 5.32 Å². The normalized spacial score (nSPS) is 11.9. The average molecular weight is 251 g/mol. The molecule has 1 aromatic rings. The van der Waals surface area contributed by atoms with Crippen molar-refractivity contribution in [3.05, 3.63) is 29.3 Å². The number of nitrogens with one attached hydrogen (secondary N) is 1. The maximum absolute atomic E-state index is 11.8. The van der Waals surface area contributed by atoms with E-state index in [0.29, 0.717) is 6.42 Å². The molecule has 5 heteroatoms. The van der Waals surface area contributed by atoms with E-state index in [1.165, 1.54) is 12.1 Å². The molecule has 0 radical (unpaired) electrons. The van der Waals surface area contributed by atoms with E-state index in [-0.39, 0.29) is 17.9 Å². The standard InChI is InChI=1S/C13H17NO4/c1-3-9(13(17)18)7-14-12(16)10-5-4-8(2)6-11(10)15/h4-6,9,15H,3,7H2,1-2H3,(H,14,16)(H,17,18). The number of carboxylic acids is 1. The Kier molecular flexibility index (Phi) is 4.71. The lowest BCUT2D eigenvalue weighted by Gasteiger charge is -2.11. The first-order chi connectivity index (χ1) is 8.45. The summed E-state index contributed by atoms with van der Waals surface area (Å²) >= 11 is 0. The third kappa shape index (κ3) is 3.48. The average Bonchev–Trinajstić information content (AvgIpc) is 2.28. The van der Waals surface area contributed by atoms with Gasteiger partial charge in [0, 0.05) is 6.54 Å². The van der Waals surface area contributed by atoms with Gasteiger partial charge in [0.05, 0.1) is 11.5 Å². The minimum atomic E-state index is -0.939. The summed E-state index contributed by atoms with van der Waals surface area (Å²) in [4.78, 5) is 22.5. The largest absolute Gasteiger partial charge is 0.507 e. The quantitative estimate of drug-likeness (QED) is 0.740. The van der Waals surface area contributed by atoms with Crippen LogP contribution in [0.1, 0.15) is 29.3 Å². The van der Waals surface area contributed by atoms with E-state index in [0.717, 1.165) is 5.56 Å². The van der Waals surface area contributed by atoms with Gasteiger partial charge in [-0.25, -0.2) is 0 Å². The number of carbonyl (C=O) groups is 2. The van der Waals surface area contributed by atoms with Crippen LogP contribution in [0.25, 0.3) is 0 Å². The molecule has 0 saturated carbocycles. The van der Waals surface area contributed by atoms with Crippen molar-refractivity contribution in [3.63, 3.8) is 0 Å². The Morgan fingerprint density at radius 2 is 2.06 bits per heavy atom. The Labute approximate surface area is 105 Å². The summed E-state index contributed by atoms with van der Waals surface area (Å²) in [7, 11) is 0. The third-order valence-corrected chi connectivity index (χ3v) is 2.75. The summed E-state index contributed by atoms with van der Waals surface area (Å²) in [5.41, 5.74) is 1.00. The molecule has 1 amide bonds. The van der Waals surface area contributed by atoms with Gasteiger partial charge in [0.1, 0.15) is 5.75 Å². The number of phenolic OH excluding ortho intramolecular Hbond substituents is 1. The van der Waals surface area contributed by atoms with E-state index in [4.69, 9.17) is 5.11 Å². The van der Waals surface area contributed by atoms with Crippen LogP contribution in [0.5, 0.6) is 5.75 Å². The van der Waals surface area contributed by atoms with E-state index in [1.807, 2.05) is 0 Å². The minimum absolute atomic E-state index is 0.0536. The molecular formula is C13H17NO4. The number of carbonyl (C=O) groups excluding carboxylic acids is 1. The first-order valence-electron chi connectivity index (χ1n) is 5.76. The molecule has 0 saturated heterocycles. The fourth-order valence-corrected chi connectivity index (χ4v) is 1.55. The Morgan fingerprint density at radius 1 is 1.39 bits per heavy atom. The predicted octanol–water partition coefficient (Wildman–Crippen LogP) is 1.54. The SMILES string of the molecule is CCC(CNC(=O)c1ccc(C)cc1O)C(=O)O. The van der Waals surface area contributed by atoms with Gasteiger partial charge >= 0.3 is 5.97 Å². The highest BCUT2D eigenvalue weighted by Crippen LogP contribution is 2.18. The van der Waals surface area contributed by atoms with Crippen molar-refractivity contribution in [2.24, 2.45) is 5.92 Å². The lowest BCUT2D eigenvalue weighted by Crippen LogP contribution is -2.32. The molecule has 0 fully saturated rings. The number of hydrogen-bond donors (Lipinski definition) is 3. The molecule has 0 aromatic heterocycles. The van der Waals surface area contributed by atoms with Gasteiger partial charge in [-0.3, -0.25) is 9.59 Å². The highest BCUT2D eigenvalue weighted by Gasteiger charge is 2.17. The number of aromatic hydroxyl groups is 1. The number of rotatable bonds is 5. The van der Waals surface area contributed by atoms with Crippen LogP contribution in [-0.2, 0) is 4.79 Å². The Morgan fingerprint density at radius 3 is 2.56 bits per heavy atom. The fraction of sp³-hybridized carbons (Fsp3) is 0.385. The van der Waals surface area contributed by atoms with Crippen LogP contribution < -0.4 is 5.32 Å². The molecule has 1 atom stereocenters. The monoisotopic (exact) mass is 251 g/mol. The van der Waals surface area contributed by atoms with Gasteiger partial charge in [0.2, 0.25) is 0 Å². The van der Waals surface area contributed by atoms with Gasteiger partial charge in [-0.05, 0) is 31.0 Å². The molecule has 0 aliphatic rings. The zero-order valence-corrected chi connectivity index (χ0v) is 10.4. The van der Waals surface area contributed by atoms with Crippen molar-refractivity contribution in [1.29, 1.82) is 0 Å². The van der Waals surface area contributed by atoms with E-state index >= 15 is 0 Å². The number of aliphatic carboxylic acids is 1. The first kappa shape index (κ1) is 14.0. The molecule has 0 heterocycles. The van der Waals surface area contributed by atoms with Crippen molar-refractivity contribution in [3.8, 4) is 5.75 Å². The fourth-order valence-electron chi connectivity index (χ4n) is 1.55. The summed E-state index contributed by atoms with van der Waals surface area (Å²) < 4.78 is 0. The predicted molar refractivity (Wildman–Crippen MR) is 66.6 cm³/mol. The number of amides is 1. The zero-order chi connectivity index (χ0) is 13.7. The smallest absolute Gasteiger partial charge is 0.308 e. The van der Waals surface area contributed by atoms with E-state index < -0.39 is 17.8 Å². The molecule has 1 aromatic carbocycles. The summed E-state index contributed by atoms with van der Waals surface area (Å²) in [6.45, 7) is 3.60. The molecule has 5 nitrogen and oxygen atoms in total. The molecular weight excluding hydrogens is 234 g/mol. The van der Waals surface area contributed by atoms with Crippen LogP contribution in [0.2, 0.25) is 0 Å². The van der Waals surface area contributed by atoms with Crippen molar-refractivity contribution < 1.29 is 19.8 Å². The van der Waals surface area contributed by atoms with Crippen LogP contribution in [0.4, 0.5) is 0 Å². The molecule has 18 heavy (non-hydrogen) atoms. The highest BCUT2D eigenvalue weighted by molar-refractivity contribution is 5.97. The lowest BCUT2D eigenvalue weighted by molar-refractivity contribution is -0.141. The second-order valence-electron chi connectivity index (χ2n) is 4.17. The number of phenols is 1. The summed E-state index contributed by atoms with van der Waals surface area (Å²) in [5, 5.41) is 21.0. The van der Waals surface area contributed by atoms with E-state index in [2.05, 4.69) is 5.32 Å². The van der Waals surface area contributed by atoms with Crippen molar-refractivity contribution in [2.75, 3.05) is 6.54 Å². The minimum Gasteiger partial charge on any atom is -0.507 e. The first-order valence-corrected chi connectivity index (χ1v) is 5.76. The lowest BCUT2D eigenvalue weighted by atomic mass is 10.1. The van der Waals surface area contributed by atoms with Gasteiger partial charge in [0.15, 0.2) is 0 Å². The number of aryl methyl sites for hydroxylation is 1. The second-order valence-corrected chi connectivity index (χ2v) is 4.17. The van der Waals surface area contributed by atoms with Gasteiger partial charge in [-0.15, -0.1) is 0 Å². The molecule has 1 rings (SSSR count). The molecule has 0 spiro atoms. The second kappa shape index (κ2) is 6.05. The summed E-state index contributed by atoms with van der Waals surface area (Å²) in [6.07, 6.45) is 0.440. The topological polar surface area (TPSA) is 86.6 Å². The van der Waals surface area contributed by atoms with Crippen molar-refractivity contribution in [2.45, 2.75) is 20.3 Å². The molecule has 0 aliphatic carbocycles. The van der Waals surface area contributed by atoms with Gasteiger partial charge in [-0.2, -0.15) is 0 Å². The van der Waals surface area contributed by atoms with Crippen molar-refractivity contribution >= 4 is 11.9 Å². The molecule has 0 bridgehead atoms. The maximum atomic E-state index is 11.8. The van der Waals surface area contributed by atoms with Crippen LogP contribution in [-0.4, -0.2) is 28.6 Å². The third-order valence-electron chi connectivity index (χ3n) is 2.75. The Bertz CT molecular complexity index is 456. The molecule has 3 N–H and O–H groups in total.